The first-order chi connectivity index (χ1) is 10.6. The lowest BCUT2D eigenvalue weighted by Crippen LogP contribution is -2.27. The third-order valence-electron chi connectivity index (χ3n) is 3.13. The molecule has 0 saturated heterocycles. The van der Waals surface area contributed by atoms with E-state index < -0.39 is 0 Å². The van der Waals surface area contributed by atoms with Gasteiger partial charge in [0.15, 0.2) is 5.82 Å². The van der Waals surface area contributed by atoms with E-state index in [1.54, 1.807) is 4.90 Å². The zero-order chi connectivity index (χ0) is 15.9. The Morgan fingerprint density at radius 2 is 1.82 bits per heavy atom. The first kappa shape index (κ1) is 16.0. The van der Waals surface area contributed by atoms with Gasteiger partial charge < -0.3 is 20.6 Å². The number of aliphatic hydroxyl groups excluding tert-OH is 1. The molecule has 7 heteroatoms. The van der Waals surface area contributed by atoms with E-state index in [2.05, 4.69) is 19.9 Å². The molecule has 0 spiro atoms. The Bertz CT molecular complexity index is 590. The highest BCUT2D eigenvalue weighted by atomic mass is 16.3. The molecule has 1 aromatic carbocycles. The summed E-state index contributed by atoms with van der Waals surface area (Å²) in [7, 11) is 3.72. The molecule has 0 aliphatic heterocycles. The number of benzene rings is 1. The standard InChI is InChI=1S/C15H22N6O/c1-20(2)15-18-13(17-14(16)19-15)11-21(9-6-10-22)12-7-4-3-5-8-12/h3-5,7-8,22H,6,9-11H2,1-2H3,(H2,16,17,18,19). The van der Waals surface area contributed by atoms with Crippen LogP contribution in [0, 0.1) is 0 Å². The van der Waals surface area contributed by atoms with Crippen molar-refractivity contribution in [2.75, 3.05) is 42.8 Å². The van der Waals surface area contributed by atoms with Gasteiger partial charge in [0.1, 0.15) is 0 Å². The number of nitrogens with two attached hydrogens (primary N) is 1. The highest BCUT2D eigenvalue weighted by molar-refractivity contribution is 5.46. The van der Waals surface area contributed by atoms with Crippen LogP contribution in [0.4, 0.5) is 17.6 Å². The molecule has 0 saturated carbocycles. The second-order valence-electron chi connectivity index (χ2n) is 5.14. The smallest absolute Gasteiger partial charge is 0.229 e. The van der Waals surface area contributed by atoms with Crippen molar-refractivity contribution in [1.29, 1.82) is 0 Å². The fourth-order valence-corrected chi connectivity index (χ4v) is 2.07. The summed E-state index contributed by atoms with van der Waals surface area (Å²) in [5, 5.41) is 9.09. The average molecular weight is 302 g/mol. The third-order valence-corrected chi connectivity index (χ3v) is 3.13. The van der Waals surface area contributed by atoms with Crippen LogP contribution in [0.2, 0.25) is 0 Å². The van der Waals surface area contributed by atoms with E-state index in [9.17, 15) is 0 Å². The lowest BCUT2D eigenvalue weighted by atomic mass is 10.2. The topological polar surface area (TPSA) is 91.4 Å². The van der Waals surface area contributed by atoms with Crippen molar-refractivity contribution in [3.63, 3.8) is 0 Å². The van der Waals surface area contributed by atoms with E-state index in [0.29, 0.717) is 31.3 Å². The number of rotatable bonds is 7. The second-order valence-corrected chi connectivity index (χ2v) is 5.14. The molecule has 0 atom stereocenters. The summed E-state index contributed by atoms with van der Waals surface area (Å²) in [5.41, 5.74) is 6.82. The fraction of sp³-hybridized carbons (Fsp3) is 0.400. The van der Waals surface area contributed by atoms with Crippen LogP contribution in [0.3, 0.4) is 0 Å². The van der Waals surface area contributed by atoms with Gasteiger partial charge in [-0.05, 0) is 18.6 Å². The number of anilines is 3. The molecule has 3 N–H and O–H groups in total. The summed E-state index contributed by atoms with van der Waals surface area (Å²) in [6.45, 7) is 1.37. The molecule has 0 radical (unpaired) electrons. The Morgan fingerprint density at radius 3 is 2.45 bits per heavy atom. The van der Waals surface area contributed by atoms with Gasteiger partial charge in [0.2, 0.25) is 11.9 Å². The number of para-hydroxylation sites is 1. The van der Waals surface area contributed by atoms with Crippen LogP contribution in [0.15, 0.2) is 30.3 Å². The predicted molar refractivity (Wildman–Crippen MR) is 87.8 cm³/mol. The molecule has 2 aromatic rings. The molecule has 2 rings (SSSR count). The Labute approximate surface area is 130 Å². The Kier molecular flexibility index (Phi) is 5.48. The molecule has 7 nitrogen and oxygen atoms in total. The van der Waals surface area contributed by atoms with Gasteiger partial charge in [-0.1, -0.05) is 18.2 Å². The molecule has 0 aliphatic rings. The Morgan fingerprint density at radius 1 is 1.09 bits per heavy atom. The molecule has 118 valence electrons. The Hall–Kier alpha value is -2.41. The molecule has 1 aromatic heterocycles. The van der Waals surface area contributed by atoms with E-state index >= 15 is 0 Å². The number of hydrogen-bond donors (Lipinski definition) is 2. The van der Waals surface area contributed by atoms with Gasteiger partial charge in [0.25, 0.3) is 0 Å². The van der Waals surface area contributed by atoms with Gasteiger partial charge in [-0.2, -0.15) is 15.0 Å². The molecule has 0 aliphatic carbocycles. The van der Waals surface area contributed by atoms with Crippen LogP contribution in [0.5, 0.6) is 0 Å². The summed E-state index contributed by atoms with van der Waals surface area (Å²) >= 11 is 0. The van der Waals surface area contributed by atoms with E-state index in [1.165, 1.54) is 0 Å². The largest absolute Gasteiger partial charge is 0.396 e. The second kappa shape index (κ2) is 7.56. The Balaban J connectivity index is 2.23. The summed E-state index contributed by atoms with van der Waals surface area (Å²) < 4.78 is 0. The van der Waals surface area contributed by atoms with Gasteiger partial charge >= 0.3 is 0 Å². The molecule has 22 heavy (non-hydrogen) atoms. The number of nitrogen functional groups attached to an aromatic ring is 1. The van der Waals surface area contributed by atoms with E-state index in [0.717, 1.165) is 5.69 Å². The highest BCUT2D eigenvalue weighted by Gasteiger charge is 2.12. The molecular formula is C15H22N6O. The van der Waals surface area contributed by atoms with Crippen molar-refractivity contribution in [3.05, 3.63) is 36.2 Å². The minimum absolute atomic E-state index is 0.144. The van der Waals surface area contributed by atoms with Crippen molar-refractivity contribution in [1.82, 2.24) is 15.0 Å². The maximum Gasteiger partial charge on any atom is 0.229 e. The zero-order valence-electron chi connectivity index (χ0n) is 13.0. The van der Waals surface area contributed by atoms with Crippen LogP contribution in [0.1, 0.15) is 12.2 Å². The molecule has 0 amide bonds. The SMILES string of the molecule is CN(C)c1nc(N)nc(CN(CCCO)c2ccccc2)n1. The number of aromatic nitrogens is 3. The molecule has 0 unspecified atom stereocenters. The minimum Gasteiger partial charge on any atom is -0.396 e. The number of aliphatic hydroxyl groups is 1. The molecule has 1 heterocycles. The van der Waals surface area contributed by atoms with Crippen LogP contribution in [-0.4, -0.2) is 47.3 Å². The summed E-state index contributed by atoms with van der Waals surface area (Å²) in [4.78, 5) is 16.6. The summed E-state index contributed by atoms with van der Waals surface area (Å²) in [5.74, 6) is 1.36. The first-order valence-corrected chi connectivity index (χ1v) is 7.18. The third kappa shape index (κ3) is 4.29. The minimum atomic E-state index is 0.144. The number of nitrogens with zero attached hydrogens (tertiary/aromatic N) is 5. The molecular weight excluding hydrogens is 280 g/mol. The van der Waals surface area contributed by atoms with Gasteiger partial charge in [-0.3, -0.25) is 0 Å². The maximum atomic E-state index is 9.09. The zero-order valence-corrected chi connectivity index (χ0v) is 13.0. The van der Waals surface area contributed by atoms with E-state index in [1.807, 2.05) is 44.4 Å². The lowest BCUT2D eigenvalue weighted by molar-refractivity contribution is 0.289. The van der Waals surface area contributed by atoms with Crippen molar-refractivity contribution < 1.29 is 5.11 Å². The normalized spacial score (nSPS) is 10.5. The first-order valence-electron chi connectivity index (χ1n) is 7.18. The van der Waals surface area contributed by atoms with E-state index in [-0.39, 0.29) is 12.6 Å². The van der Waals surface area contributed by atoms with Crippen LogP contribution in [0.25, 0.3) is 0 Å². The van der Waals surface area contributed by atoms with Gasteiger partial charge in [0.05, 0.1) is 6.54 Å². The van der Waals surface area contributed by atoms with Gasteiger partial charge in [-0.15, -0.1) is 0 Å². The van der Waals surface area contributed by atoms with Crippen molar-refractivity contribution in [2.45, 2.75) is 13.0 Å². The molecule has 0 bridgehead atoms. The lowest BCUT2D eigenvalue weighted by Gasteiger charge is -2.24. The highest BCUT2D eigenvalue weighted by Crippen LogP contribution is 2.17. The monoisotopic (exact) mass is 302 g/mol. The van der Waals surface area contributed by atoms with Crippen LogP contribution < -0.4 is 15.5 Å². The van der Waals surface area contributed by atoms with Crippen molar-refractivity contribution in [3.8, 4) is 0 Å². The van der Waals surface area contributed by atoms with E-state index in [4.69, 9.17) is 10.8 Å². The van der Waals surface area contributed by atoms with Gasteiger partial charge in [0, 0.05) is 32.9 Å². The summed E-state index contributed by atoms with van der Waals surface area (Å²) in [6.07, 6.45) is 0.677. The van der Waals surface area contributed by atoms with Gasteiger partial charge in [-0.25, -0.2) is 0 Å². The van der Waals surface area contributed by atoms with Crippen LogP contribution >= 0.6 is 0 Å². The quantitative estimate of drug-likeness (QED) is 0.785. The van der Waals surface area contributed by atoms with Crippen molar-refractivity contribution >= 4 is 17.6 Å². The molecule has 0 fully saturated rings. The average Bonchev–Trinajstić information content (AvgIpc) is 2.51. The van der Waals surface area contributed by atoms with Crippen molar-refractivity contribution in [2.24, 2.45) is 0 Å². The summed E-state index contributed by atoms with van der Waals surface area (Å²) in [6, 6.07) is 9.98. The van der Waals surface area contributed by atoms with Crippen LogP contribution in [-0.2, 0) is 6.54 Å². The number of hydrogen-bond acceptors (Lipinski definition) is 7. The maximum absolute atomic E-state index is 9.09. The predicted octanol–water partition coefficient (Wildman–Crippen LogP) is 0.909. The fourth-order valence-electron chi connectivity index (χ4n) is 2.07.